The third-order valence-corrected chi connectivity index (χ3v) is 3.65. The first-order chi connectivity index (χ1) is 7.79. The molecule has 2 heteroatoms. The van der Waals surface area contributed by atoms with E-state index in [1.165, 1.54) is 5.57 Å². The first-order valence-corrected chi connectivity index (χ1v) is 5.69. The zero-order chi connectivity index (χ0) is 11.1. The number of carbonyl (C=O) groups excluding carboxylic acids is 1. The van der Waals surface area contributed by atoms with E-state index >= 15 is 0 Å². The lowest BCUT2D eigenvalue weighted by molar-refractivity contribution is -0.117. The van der Waals surface area contributed by atoms with Crippen LogP contribution in [0.1, 0.15) is 12.5 Å². The third-order valence-electron chi connectivity index (χ3n) is 3.65. The molecule has 16 heavy (non-hydrogen) atoms. The number of ether oxygens (including phenoxy) is 1. The van der Waals surface area contributed by atoms with Gasteiger partial charge in [-0.05, 0) is 11.1 Å². The van der Waals surface area contributed by atoms with Gasteiger partial charge in [0.1, 0.15) is 0 Å². The van der Waals surface area contributed by atoms with Crippen molar-refractivity contribution in [2.45, 2.75) is 6.92 Å². The number of rotatable bonds is 1. The maximum absolute atomic E-state index is 12.2. The highest BCUT2D eigenvalue weighted by atomic mass is 16.5. The second-order valence-corrected chi connectivity index (χ2v) is 4.54. The molecular weight excluding hydrogens is 200 g/mol. The van der Waals surface area contributed by atoms with Crippen LogP contribution < -0.4 is 0 Å². The molecule has 0 amide bonds. The van der Waals surface area contributed by atoms with E-state index in [4.69, 9.17) is 4.74 Å². The standard InChI is InChI=1S/C14H14O2/c1-9-11-7-16-8-12(11)13(14(9)15)10-5-3-2-4-6-10/h2-6,9,11H,7-8H2,1H3/t9-,11-/m1/s1. The molecule has 0 N–H and O–H groups in total. The Kier molecular flexibility index (Phi) is 2.18. The zero-order valence-corrected chi connectivity index (χ0v) is 9.27. The van der Waals surface area contributed by atoms with Gasteiger partial charge in [0.2, 0.25) is 0 Å². The average Bonchev–Trinajstić information content (AvgIpc) is 2.86. The molecule has 1 heterocycles. The summed E-state index contributed by atoms with van der Waals surface area (Å²) in [7, 11) is 0. The molecule has 1 aromatic carbocycles. The fourth-order valence-corrected chi connectivity index (χ4v) is 2.71. The Morgan fingerprint density at radius 2 is 2.00 bits per heavy atom. The molecule has 0 spiro atoms. The Labute approximate surface area is 94.9 Å². The Morgan fingerprint density at radius 3 is 2.75 bits per heavy atom. The molecule has 1 fully saturated rings. The molecule has 82 valence electrons. The fourth-order valence-electron chi connectivity index (χ4n) is 2.71. The van der Waals surface area contributed by atoms with Gasteiger partial charge in [0, 0.05) is 17.4 Å². The summed E-state index contributed by atoms with van der Waals surface area (Å²) in [5.41, 5.74) is 3.17. The van der Waals surface area contributed by atoms with Gasteiger partial charge < -0.3 is 4.74 Å². The van der Waals surface area contributed by atoms with Crippen molar-refractivity contribution in [1.29, 1.82) is 0 Å². The number of allylic oxidation sites excluding steroid dienone is 1. The quantitative estimate of drug-likeness (QED) is 0.717. The van der Waals surface area contributed by atoms with Crippen molar-refractivity contribution >= 4 is 11.4 Å². The van der Waals surface area contributed by atoms with Crippen molar-refractivity contribution in [2.24, 2.45) is 11.8 Å². The maximum Gasteiger partial charge on any atom is 0.167 e. The lowest BCUT2D eigenvalue weighted by Crippen LogP contribution is -2.15. The summed E-state index contributed by atoms with van der Waals surface area (Å²) in [6.45, 7) is 3.35. The number of fused-ring (bicyclic) bond motifs is 1. The first kappa shape index (κ1) is 9.79. The van der Waals surface area contributed by atoms with Crippen molar-refractivity contribution < 1.29 is 9.53 Å². The maximum atomic E-state index is 12.2. The summed E-state index contributed by atoms with van der Waals surface area (Å²) in [6, 6.07) is 9.94. The molecule has 1 saturated heterocycles. The second-order valence-electron chi connectivity index (χ2n) is 4.54. The number of ketones is 1. The van der Waals surface area contributed by atoms with Gasteiger partial charge in [0.05, 0.1) is 13.2 Å². The predicted molar refractivity (Wildman–Crippen MR) is 61.8 cm³/mol. The molecule has 0 bridgehead atoms. The molecule has 2 nitrogen and oxygen atoms in total. The molecule has 2 atom stereocenters. The van der Waals surface area contributed by atoms with Crippen LogP contribution in [0.15, 0.2) is 35.9 Å². The van der Waals surface area contributed by atoms with Gasteiger partial charge in [-0.1, -0.05) is 37.3 Å². The minimum Gasteiger partial charge on any atom is -0.376 e. The van der Waals surface area contributed by atoms with Crippen molar-refractivity contribution in [2.75, 3.05) is 13.2 Å². The van der Waals surface area contributed by atoms with Crippen LogP contribution in [0, 0.1) is 11.8 Å². The van der Waals surface area contributed by atoms with Gasteiger partial charge in [-0.3, -0.25) is 4.79 Å². The molecule has 0 unspecified atom stereocenters. The van der Waals surface area contributed by atoms with Gasteiger partial charge in [0.25, 0.3) is 0 Å². The molecule has 3 rings (SSSR count). The normalized spacial score (nSPS) is 28.7. The van der Waals surface area contributed by atoms with Crippen LogP contribution in [-0.2, 0) is 9.53 Å². The number of hydrogen-bond acceptors (Lipinski definition) is 2. The van der Waals surface area contributed by atoms with Crippen LogP contribution in [-0.4, -0.2) is 19.0 Å². The Bertz CT molecular complexity index is 459. The summed E-state index contributed by atoms with van der Waals surface area (Å²) in [5, 5.41) is 0. The molecular formula is C14H14O2. The lowest BCUT2D eigenvalue weighted by atomic mass is 9.95. The zero-order valence-electron chi connectivity index (χ0n) is 9.27. The topological polar surface area (TPSA) is 26.3 Å². The van der Waals surface area contributed by atoms with Crippen molar-refractivity contribution in [3.63, 3.8) is 0 Å². The SMILES string of the molecule is C[C@H]1C(=O)C(c2ccccc2)=C2COC[C@@H]21. The van der Waals surface area contributed by atoms with Crippen LogP contribution in [0.25, 0.3) is 5.57 Å². The average molecular weight is 214 g/mol. The van der Waals surface area contributed by atoms with Gasteiger partial charge in [0.15, 0.2) is 5.78 Å². The van der Waals surface area contributed by atoms with E-state index in [1.807, 2.05) is 37.3 Å². The van der Waals surface area contributed by atoms with Crippen LogP contribution in [0.4, 0.5) is 0 Å². The van der Waals surface area contributed by atoms with E-state index in [-0.39, 0.29) is 11.7 Å². The molecule has 2 aliphatic rings. The minimum atomic E-state index is 0.0905. The first-order valence-electron chi connectivity index (χ1n) is 5.69. The Balaban J connectivity index is 2.12. The van der Waals surface area contributed by atoms with Crippen LogP contribution >= 0.6 is 0 Å². The predicted octanol–water partition coefficient (Wildman–Crippen LogP) is 2.31. The van der Waals surface area contributed by atoms with E-state index in [9.17, 15) is 4.79 Å². The second kappa shape index (κ2) is 3.56. The van der Waals surface area contributed by atoms with Crippen LogP contribution in [0.5, 0.6) is 0 Å². The highest BCUT2D eigenvalue weighted by molar-refractivity contribution is 6.25. The summed E-state index contributed by atoms with van der Waals surface area (Å²) in [4.78, 5) is 12.2. The van der Waals surface area contributed by atoms with Crippen molar-refractivity contribution in [3.8, 4) is 0 Å². The van der Waals surface area contributed by atoms with Gasteiger partial charge in [-0.25, -0.2) is 0 Å². The number of Topliss-reactive ketones (excluding diaryl/α,β-unsaturated/α-hetero) is 1. The van der Waals surface area contributed by atoms with Gasteiger partial charge >= 0.3 is 0 Å². The van der Waals surface area contributed by atoms with Crippen molar-refractivity contribution in [1.82, 2.24) is 0 Å². The van der Waals surface area contributed by atoms with E-state index in [1.54, 1.807) is 0 Å². The van der Waals surface area contributed by atoms with E-state index in [2.05, 4.69) is 0 Å². The number of benzene rings is 1. The summed E-state index contributed by atoms with van der Waals surface area (Å²) in [6.07, 6.45) is 0. The van der Waals surface area contributed by atoms with E-state index < -0.39 is 0 Å². The molecule has 0 radical (unpaired) electrons. The Morgan fingerprint density at radius 1 is 1.25 bits per heavy atom. The lowest BCUT2D eigenvalue weighted by Gasteiger charge is -2.08. The molecule has 0 saturated carbocycles. The van der Waals surface area contributed by atoms with E-state index in [0.29, 0.717) is 19.1 Å². The number of hydrogen-bond donors (Lipinski definition) is 0. The Hall–Kier alpha value is -1.41. The smallest absolute Gasteiger partial charge is 0.167 e. The van der Waals surface area contributed by atoms with Crippen LogP contribution in [0.2, 0.25) is 0 Å². The fraction of sp³-hybridized carbons (Fsp3) is 0.357. The summed E-state index contributed by atoms with van der Waals surface area (Å²) < 4.78 is 5.47. The number of carbonyl (C=O) groups is 1. The molecule has 1 aromatic rings. The molecule has 1 aliphatic carbocycles. The molecule has 0 aromatic heterocycles. The summed E-state index contributed by atoms with van der Waals surface area (Å²) in [5.74, 6) is 0.699. The minimum absolute atomic E-state index is 0.0905. The monoisotopic (exact) mass is 214 g/mol. The summed E-state index contributed by atoms with van der Waals surface area (Å²) >= 11 is 0. The van der Waals surface area contributed by atoms with Crippen molar-refractivity contribution in [3.05, 3.63) is 41.5 Å². The van der Waals surface area contributed by atoms with Gasteiger partial charge in [-0.15, -0.1) is 0 Å². The van der Waals surface area contributed by atoms with Gasteiger partial charge in [-0.2, -0.15) is 0 Å². The van der Waals surface area contributed by atoms with Crippen LogP contribution in [0.3, 0.4) is 0 Å². The van der Waals surface area contributed by atoms with E-state index in [0.717, 1.165) is 11.1 Å². The third kappa shape index (κ3) is 1.26. The highest BCUT2D eigenvalue weighted by Crippen LogP contribution is 2.42. The molecule has 1 aliphatic heterocycles. The highest BCUT2D eigenvalue weighted by Gasteiger charge is 2.42. The largest absolute Gasteiger partial charge is 0.376 e.